The number of aromatic nitrogens is 1. The van der Waals surface area contributed by atoms with Gasteiger partial charge in [0.2, 0.25) is 5.95 Å². The molecule has 1 amide bonds. The summed E-state index contributed by atoms with van der Waals surface area (Å²) in [7, 11) is 0. The normalized spacial score (nSPS) is 15.4. The molecule has 1 atom stereocenters. The van der Waals surface area contributed by atoms with Crippen LogP contribution in [0.4, 0.5) is 4.39 Å². The van der Waals surface area contributed by atoms with Gasteiger partial charge in [0, 0.05) is 11.8 Å². The van der Waals surface area contributed by atoms with Crippen LogP contribution in [0.5, 0.6) is 0 Å². The summed E-state index contributed by atoms with van der Waals surface area (Å²) in [4.78, 5) is 16.0. The smallest absolute Gasteiger partial charge is 0.262 e. The Morgan fingerprint density at radius 2 is 2.04 bits per heavy atom. The molecule has 5 heteroatoms. The van der Waals surface area contributed by atoms with E-state index in [-0.39, 0.29) is 17.2 Å². The van der Waals surface area contributed by atoms with E-state index in [4.69, 9.17) is 0 Å². The van der Waals surface area contributed by atoms with Gasteiger partial charge in [-0.3, -0.25) is 4.79 Å². The van der Waals surface area contributed by atoms with Gasteiger partial charge in [-0.25, -0.2) is 4.98 Å². The van der Waals surface area contributed by atoms with Crippen molar-refractivity contribution in [1.29, 1.82) is 5.26 Å². The zero-order valence-electron chi connectivity index (χ0n) is 12.9. The molecule has 1 fully saturated rings. The number of rotatable bonds is 5. The number of hydrogen-bond donors (Lipinski definition) is 1. The van der Waals surface area contributed by atoms with Crippen LogP contribution in [-0.4, -0.2) is 10.9 Å². The number of benzene rings is 1. The lowest BCUT2D eigenvalue weighted by Crippen LogP contribution is -2.30. The van der Waals surface area contributed by atoms with Gasteiger partial charge in [0.05, 0.1) is 6.04 Å². The Bertz CT molecular complexity index is 807. The lowest BCUT2D eigenvalue weighted by molar-refractivity contribution is -0.117. The molecule has 2 aromatic rings. The molecule has 1 heterocycles. The van der Waals surface area contributed by atoms with Crippen LogP contribution in [0.3, 0.4) is 0 Å². The van der Waals surface area contributed by atoms with Gasteiger partial charge in [-0.15, -0.1) is 0 Å². The van der Waals surface area contributed by atoms with Gasteiger partial charge in [-0.1, -0.05) is 30.3 Å². The van der Waals surface area contributed by atoms with Crippen LogP contribution in [0.25, 0.3) is 6.08 Å². The SMILES string of the molecule is N#C/C(=C\c1cccnc1F)C(=O)N[C@H](c1ccccc1)C1CC1. The molecule has 0 aliphatic heterocycles. The molecule has 0 unspecified atom stereocenters. The number of hydrogen-bond acceptors (Lipinski definition) is 3. The quantitative estimate of drug-likeness (QED) is 0.521. The minimum absolute atomic E-state index is 0.117. The molecular formula is C19H16FN3O. The molecule has 4 nitrogen and oxygen atoms in total. The molecule has 120 valence electrons. The second kappa shape index (κ2) is 7.05. The maximum atomic E-state index is 13.6. The first-order valence-electron chi connectivity index (χ1n) is 7.77. The first-order valence-corrected chi connectivity index (χ1v) is 7.77. The predicted molar refractivity (Wildman–Crippen MR) is 87.8 cm³/mol. The molecule has 1 aromatic heterocycles. The van der Waals surface area contributed by atoms with Crippen molar-refractivity contribution in [2.24, 2.45) is 5.92 Å². The molecule has 24 heavy (non-hydrogen) atoms. The van der Waals surface area contributed by atoms with Crippen molar-refractivity contribution >= 4 is 12.0 Å². The average Bonchev–Trinajstić information content (AvgIpc) is 3.44. The number of carbonyl (C=O) groups excluding carboxylic acids is 1. The van der Waals surface area contributed by atoms with Gasteiger partial charge in [-0.05, 0) is 42.5 Å². The van der Waals surface area contributed by atoms with E-state index in [0.717, 1.165) is 18.4 Å². The summed E-state index contributed by atoms with van der Waals surface area (Å²) in [5.41, 5.74) is 0.994. The standard InChI is InChI=1S/C19H16FN3O/c20-18-15(7-4-10-22-18)11-16(12-21)19(24)23-17(14-8-9-14)13-5-2-1-3-6-13/h1-7,10-11,14,17H,8-9H2,(H,23,24)/b16-11+/t17-/m1/s1. The van der Waals surface area contributed by atoms with Crippen LogP contribution in [-0.2, 0) is 4.79 Å². The molecule has 0 radical (unpaired) electrons. The van der Waals surface area contributed by atoms with E-state index in [9.17, 15) is 14.4 Å². The highest BCUT2D eigenvalue weighted by Gasteiger charge is 2.33. The van der Waals surface area contributed by atoms with Gasteiger partial charge in [-0.2, -0.15) is 9.65 Å². The van der Waals surface area contributed by atoms with Gasteiger partial charge in [0.1, 0.15) is 11.6 Å². The Morgan fingerprint density at radius 1 is 1.29 bits per heavy atom. The van der Waals surface area contributed by atoms with Crippen LogP contribution in [0.15, 0.2) is 54.2 Å². The van der Waals surface area contributed by atoms with Crippen molar-refractivity contribution < 1.29 is 9.18 Å². The molecule has 0 saturated heterocycles. The fourth-order valence-electron chi connectivity index (χ4n) is 2.59. The summed E-state index contributed by atoms with van der Waals surface area (Å²) in [6, 6.07) is 14.4. The number of halogens is 1. The van der Waals surface area contributed by atoms with Gasteiger partial charge >= 0.3 is 0 Å². The van der Waals surface area contributed by atoms with Crippen molar-refractivity contribution in [2.45, 2.75) is 18.9 Å². The first kappa shape index (κ1) is 15.9. The van der Waals surface area contributed by atoms with Gasteiger partial charge in [0.15, 0.2) is 0 Å². The number of pyridine rings is 1. The van der Waals surface area contributed by atoms with Crippen LogP contribution in [0.2, 0.25) is 0 Å². The highest BCUT2D eigenvalue weighted by atomic mass is 19.1. The summed E-state index contributed by atoms with van der Waals surface area (Å²) < 4.78 is 13.6. The number of nitrogens with one attached hydrogen (secondary N) is 1. The zero-order chi connectivity index (χ0) is 16.9. The van der Waals surface area contributed by atoms with E-state index < -0.39 is 11.9 Å². The monoisotopic (exact) mass is 321 g/mol. The lowest BCUT2D eigenvalue weighted by Gasteiger charge is -2.18. The largest absolute Gasteiger partial charge is 0.344 e. The summed E-state index contributed by atoms with van der Waals surface area (Å²) in [6.45, 7) is 0. The molecule has 1 saturated carbocycles. The first-order chi connectivity index (χ1) is 11.7. The van der Waals surface area contributed by atoms with E-state index in [1.165, 1.54) is 18.3 Å². The molecule has 1 aromatic carbocycles. The van der Waals surface area contributed by atoms with Crippen molar-refractivity contribution in [2.75, 3.05) is 0 Å². The van der Waals surface area contributed by atoms with E-state index >= 15 is 0 Å². The summed E-state index contributed by atoms with van der Waals surface area (Å²) in [5, 5.41) is 12.2. The molecule has 1 aliphatic carbocycles. The van der Waals surface area contributed by atoms with Gasteiger partial charge < -0.3 is 5.32 Å². The summed E-state index contributed by atoms with van der Waals surface area (Å²) >= 11 is 0. The Morgan fingerprint density at radius 3 is 2.67 bits per heavy atom. The maximum absolute atomic E-state index is 13.6. The number of nitriles is 1. The molecular weight excluding hydrogens is 305 g/mol. The van der Waals surface area contributed by atoms with Crippen molar-refractivity contribution in [3.63, 3.8) is 0 Å². The van der Waals surface area contributed by atoms with Crippen LogP contribution in [0, 0.1) is 23.2 Å². The highest BCUT2D eigenvalue weighted by Crippen LogP contribution is 2.41. The number of amides is 1. The Hall–Kier alpha value is -3.00. The lowest BCUT2D eigenvalue weighted by atomic mass is 10.0. The number of nitrogens with zero attached hydrogens (tertiary/aromatic N) is 2. The molecule has 0 spiro atoms. The van der Waals surface area contributed by atoms with E-state index in [1.807, 2.05) is 36.4 Å². The Labute approximate surface area is 139 Å². The second-order valence-electron chi connectivity index (χ2n) is 5.75. The van der Waals surface area contributed by atoms with Crippen LogP contribution < -0.4 is 5.32 Å². The number of carbonyl (C=O) groups is 1. The van der Waals surface area contributed by atoms with Crippen molar-refractivity contribution in [3.8, 4) is 6.07 Å². The Kier molecular flexibility index (Phi) is 4.66. The minimum Gasteiger partial charge on any atom is -0.344 e. The second-order valence-corrected chi connectivity index (χ2v) is 5.75. The van der Waals surface area contributed by atoms with Crippen molar-refractivity contribution in [3.05, 3.63) is 71.3 Å². The van der Waals surface area contributed by atoms with Crippen LogP contribution >= 0.6 is 0 Å². The highest BCUT2D eigenvalue weighted by molar-refractivity contribution is 6.01. The maximum Gasteiger partial charge on any atom is 0.262 e. The molecule has 3 rings (SSSR count). The van der Waals surface area contributed by atoms with Crippen molar-refractivity contribution in [1.82, 2.24) is 10.3 Å². The Balaban J connectivity index is 1.82. The topological polar surface area (TPSA) is 65.8 Å². The third-order valence-electron chi connectivity index (χ3n) is 3.99. The van der Waals surface area contributed by atoms with E-state index in [2.05, 4.69) is 10.3 Å². The zero-order valence-corrected chi connectivity index (χ0v) is 12.9. The van der Waals surface area contributed by atoms with E-state index in [1.54, 1.807) is 6.07 Å². The molecule has 0 bridgehead atoms. The summed E-state index contributed by atoms with van der Waals surface area (Å²) in [5.74, 6) is -0.826. The van der Waals surface area contributed by atoms with Crippen LogP contribution in [0.1, 0.15) is 30.0 Å². The predicted octanol–water partition coefficient (Wildman–Crippen LogP) is 3.40. The third kappa shape index (κ3) is 3.66. The molecule has 1 aliphatic rings. The van der Waals surface area contributed by atoms with Gasteiger partial charge in [0.25, 0.3) is 5.91 Å². The fraction of sp³-hybridized carbons (Fsp3) is 0.211. The average molecular weight is 321 g/mol. The molecule has 1 N–H and O–H groups in total. The minimum atomic E-state index is -0.708. The van der Waals surface area contributed by atoms with E-state index in [0.29, 0.717) is 5.92 Å². The summed E-state index contributed by atoms with van der Waals surface area (Å²) in [6.07, 6.45) is 4.63. The third-order valence-corrected chi connectivity index (χ3v) is 3.99. The fourth-order valence-corrected chi connectivity index (χ4v) is 2.59.